The minimum Gasteiger partial charge on any atom is -0.481 e. The highest BCUT2D eigenvalue weighted by Gasteiger charge is 2.25. The van der Waals surface area contributed by atoms with Crippen molar-refractivity contribution in [3.8, 4) is 0 Å². The number of aliphatic carboxylic acids is 1. The Kier molecular flexibility index (Phi) is 8.55. The monoisotopic (exact) mass is 523 g/mol. The number of guanidine groups is 1. The molecule has 0 saturated heterocycles. The number of hydrogen-bond acceptors (Lipinski definition) is 6. The fourth-order valence-corrected chi connectivity index (χ4v) is 5.87. The summed E-state index contributed by atoms with van der Waals surface area (Å²) in [6.07, 6.45) is 2.19. The summed E-state index contributed by atoms with van der Waals surface area (Å²) >= 11 is 0. The van der Waals surface area contributed by atoms with E-state index in [0.717, 1.165) is 55.1 Å². The van der Waals surface area contributed by atoms with Crippen molar-refractivity contribution >= 4 is 27.5 Å². The number of rotatable bonds is 10. The molecule has 7 nitrogen and oxygen atoms in total. The molecule has 0 aliphatic carbocycles. The van der Waals surface area contributed by atoms with E-state index in [4.69, 9.17) is 0 Å². The summed E-state index contributed by atoms with van der Waals surface area (Å²) in [5, 5.41) is 15.8. The maximum atomic E-state index is 13.3. The van der Waals surface area contributed by atoms with Crippen molar-refractivity contribution in [2.24, 2.45) is 4.99 Å². The van der Waals surface area contributed by atoms with E-state index in [0.29, 0.717) is 5.56 Å². The van der Waals surface area contributed by atoms with Crippen LogP contribution in [0.4, 0.5) is 10.1 Å². The minimum absolute atomic E-state index is 0.140. The van der Waals surface area contributed by atoms with Crippen LogP contribution < -0.4 is 10.6 Å². The number of nitrogens with one attached hydrogen (secondary N) is 2. The molecule has 3 aromatic carbocycles. The second-order valence-electron chi connectivity index (χ2n) is 9.11. The van der Waals surface area contributed by atoms with Crippen molar-refractivity contribution < 1.29 is 22.7 Å². The largest absolute Gasteiger partial charge is 0.481 e. The van der Waals surface area contributed by atoms with E-state index >= 15 is 0 Å². The van der Waals surface area contributed by atoms with Crippen LogP contribution in [0.5, 0.6) is 0 Å². The summed E-state index contributed by atoms with van der Waals surface area (Å²) in [7, 11) is -3.75. The number of sulfone groups is 1. The lowest BCUT2D eigenvalue weighted by Crippen LogP contribution is -2.35. The molecule has 194 valence electrons. The van der Waals surface area contributed by atoms with Gasteiger partial charge in [-0.2, -0.15) is 0 Å². The number of aryl methyl sites for hydroxylation is 2. The van der Waals surface area contributed by atoms with E-state index in [1.165, 1.54) is 24.3 Å². The zero-order valence-corrected chi connectivity index (χ0v) is 21.2. The lowest BCUT2D eigenvalue weighted by Gasteiger charge is -2.16. The molecule has 0 fully saturated rings. The SMILES string of the molecule is O=C(O)CC(CS(=O)(=O)c1ccc(CCc2cccc(NC3=NCCCN3)c2)cc1)c1ccc(F)cc1. The molecule has 4 rings (SSSR count). The number of anilines is 1. The molecule has 0 amide bonds. The van der Waals surface area contributed by atoms with Gasteiger partial charge in [0.25, 0.3) is 0 Å². The van der Waals surface area contributed by atoms with Crippen molar-refractivity contribution in [3.63, 3.8) is 0 Å². The Morgan fingerprint density at radius 3 is 2.43 bits per heavy atom. The number of hydrogen-bond donors (Lipinski definition) is 3. The van der Waals surface area contributed by atoms with Crippen LogP contribution in [0, 0.1) is 5.82 Å². The summed E-state index contributed by atoms with van der Waals surface area (Å²) < 4.78 is 39.4. The predicted octanol–water partition coefficient (Wildman–Crippen LogP) is 4.40. The van der Waals surface area contributed by atoms with Crippen molar-refractivity contribution in [1.29, 1.82) is 0 Å². The van der Waals surface area contributed by atoms with Crippen LogP contribution in [0.25, 0.3) is 0 Å². The fraction of sp³-hybridized carbons (Fsp3) is 0.286. The highest BCUT2D eigenvalue weighted by molar-refractivity contribution is 7.91. The number of carboxylic acids is 1. The molecule has 0 radical (unpaired) electrons. The second kappa shape index (κ2) is 12.0. The lowest BCUT2D eigenvalue weighted by atomic mass is 9.98. The van der Waals surface area contributed by atoms with Gasteiger partial charge in [-0.1, -0.05) is 36.4 Å². The molecule has 1 heterocycles. The molecular weight excluding hydrogens is 493 g/mol. The lowest BCUT2D eigenvalue weighted by molar-refractivity contribution is -0.137. The third kappa shape index (κ3) is 7.63. The van der Waals surface area contributed by atoms with Gasteiger partial charge in [0.05, 0.1) is 17.1 Å². The normalized spacial score (nSPS) is 14.4. The molecule has 0 saturated carbocycles. The van der Waals surface area contributed by atoms with Crippen LogP contribution >= 0.6 is 0 Å². The van der Waals surface area contributed by atoms with E-state index in [1.807, 2.05) is 12.1 Å². The van der Waals surface area contributed by atoms with Crippen molar-refractivity contribution in [3.05, 3.63) is 95.3 Å². The smallest absolute Gasteiger partial charge is 0.303 e. The first-order chi connectivity index (χ1) is 17.8. The Morgan fingerprint density at radius 2 is 1.76 bits per heavy atom. The molecule has 1 atom stereocenters. The number of halogens is 1. The van der Waals surface area contributed by atoms with Gasteiger partial charge in [0.2, 0.25) is 0 Å². The molecule has 0 aromatic heterocycles. The first-order valence-corrected chi connectivity index (χ1v) is 13.9. The van der Waals surface area contributed by atoms with Crippen LogP contribution in [0.2, 0.25) is 0 Å². The Morgan fingerprint density at radius 1 is 1.03 bits per heavy atom. The standard InChI is InChI=1S/C28H30FN3O4S/c29-24-11-9-22(10-12-24)23(18-27(33)34)19-37(35,36)26-13-7-20(8-14-26)5-6-21-3-1-4-25(17-21)32-28-30-15-2-16-31-28/h1,3-4,7-14,17,23H,2,5-6,15-16,18-19H2,(H,33,34)(H2,30,31,32). The molecule has 9 heteroatoms. The summed E-state index contributed by atoms with van der Waals surface area (Å²) in [5.74, 6) is -1.94. The van der Waals surface area contributed by atoms with Crippen LogP contribution in [0.3, 0.4) is 0 Å². The van der Waals surface area contributed by atoms with Crippen molar-refractivity contribution in [2.45, 2.75) is 36.5 Å². The average molecular weight is 524 g/mol. The zero-order chi connectivity index (χ0) is 26.3. The molecule has 1 aliphatic rings. The maximum absolute atomic E-state index is 13.3. The Labute approximate surface area is 216 Å². The summed E-state index contributed by atoms with van der Waals surface area (Å²) in [6, 6.07) is 20.1. The number of carboxylic acid groups (broad SMARTS) is 1. The van der Waals surface area contributed by atoms with Gasteiger partial charge in [-0.25, -0.2) is 12.8 Å². The van der Waals surface area contributed by atoms with E-state index in [1.54, 1.807) is 24.3 Å². The third-order valence-corrected chi connectivity index (χ3v) is 8.09. The zero-order valence-electron chi connectivity index (χ0n) is 20.4. The van der Waals surface area contributed by atoms with E-state index in [-0.39, 0.29) is 17.1 Å². The highest BCUT2D eigenvalue weighted by atomic mass is 32.2. The quantitative estimate of drug-likeness (QED) is 0.364. The van der Waals surface area contributed by atoms with E-state index in [2.05, 4.69) is 27.8 Å². The summed E-state index contributed by atoms with van der Waals surface area (Å²) in [5.41, 5.74) is 3.58. The number of nitrogens with zero attached hydrogens (tertiary/aromatic N) is 1. The van der Waals surface area contributed by atoms with Gasteiger partial charge in [-0.05, 0) is 72.4 Å². The molecule has 37 heavy (non-hydrogen) atoms. The van der Waals surface area contributed by atoms with Crippen LogP contribution in [0.15, 0.2) is 82.7 Å². The molecule has 3 aromatic rings. The van der Waals surface area contributed by atoms with Gasteiger partial charge in [-0.15, -0.1) is 0 Å². The first-order valence-electron chi connectivity index (χ1n) is 12.2. The van der Waals surface area contributed by atoms with E-state index in [9.17, 15) is 22.7 Å². The predicted molar refractivity (Wildman–Crippen MR) is 142 cm³/mol. The first kappa shape index (κ1) is 26.3. The molecule has 1 unspecified atom stereocenters. The van der Waals surface area contributed by atoms with Crippen molar-refractivity contribution in [2.75, 3.05) is 24.2 Å². The second-order valence-corrected chi connectivity index (χ2v) is 11.1. The average Bonchev–Trinajstić information content (AvgIpc) is 2.88. The van der Waals surface area contributed by atoms with Gasteiger partial charge in [0, 0.05) is 24.7 Å². The maximum Gasteiger partial charge on any atom is 0.303 e. The fourth-order valence-electron chi connectivity index (χ4n) is 4.29. The number of aliphatic imine (C=N–C) groups is 1. The van der Waals surface area contributed by atoms with E-state index < -0.39 is 27.5 Å². The highest BCUT2D eigenvalue weighted by Crippen LogP contribution is 2.26. The van der Waals surface area contributed by atoms with Crippen LogP contribution in [-0.2, 0) is 27.5 Å². The van der Waals surface area contributed by atoms with Crippen LogP contribution in [-0.4, -0.2) is 44.3 Å². The molecular formula is C28H30FN3O4S. The van der Waals surface area contributed by atoms with Crippen molar-refractivity contribution in [1.82, 2.24) is 5.32 Å². The number of carbonyl (C=O) groups is 1. The molecule has 1 aliphatic heterocycles. The molecule has 3 N–H and O–H groups in total. The van der Waals surface area contributed by atoms with Gasteiger partial charge in [0.15, 0.2) is 15.8 Å². The molecule has 0 spiro atoms. The minimum atomic E-state index is -3.75. The Balaban J connectivity index is 1.39. The van der Waals surface area contributed by atoms with Gasteiger partial charge >= 0.3 is 5.97 Å². The Bertz CT molecular complexity index is 1360. The topological polar surface area (TPSA) is 108 Å². The van der Waals surface area contributed by atoms with Gasteiger partial charge in [-0.3, -0.25) is 9.79 Å². The van der Waals surface area contributed by atoms with Crippen LogP contribution in [0.1, 0.15) is 35.4 Å². The van der Waals surface area contributed by atoms with Gasteiger partial charge < -0.3 is 15.7 Å². The third-order valence-electron chi connectivity index (χ3n) is 6.25. The summed E-state index contributed by atoms with van der Waals surface area (Å²) in [4.78, 5) is 15.9. The summed E-state index contributed by atoms with van der Waals surface area (Å²) in [6.45, 7) is 1.72. The number of benzene rings is 3. The Hall–Kier alpha value is -3.72. The van der Waals surface area contributed by atoms with Gasteiger partial charge in [0.1, 0.15) is 5.82 Å². The molecule has 0 bridgehead atoms.